The molecule has 0 saturated carbocycles. The van der Waals surface area contributed by atoms with Crippen molar-refractivity contribution in [3.8, 4) is 0 Å². The Morgan fingerprint density at radius 2 is 2.00 bits per heavy atom. The number of carbonyl (C=O) groups excluding carboxylic acids is 2. The number of rotatable bonds is 5. The molecule has 7 heteroatoms. The van der Waals surface area contributed by atoms with E-state index in [-0.39, 0.29) is 17.9 Å². The van der Waals surface area contributed by atoms with Crippen LogP contribution >= 0.6 is 0 Å². The van der Waals surface area contributed by atoms with E-state index in [4.69, 9.17) is 8.83 Å². The second-order valence-corrected chi connectivity index (χ2v) is 5.88. The molecule has 1 N–H and O–H groups in total. The van der Waals surface area contributed by atoms with Gasteiger partial charge in [0.1, 0.15) is 12.0 Å². The van der Waals surface area contributed by atoms with Gasteiger partial charge in [-0.25, -0.2) is 0 Å². The highest BCUT2D eigenvalue weighted by Crippen LogP contribution is 2.12. The van der Waals surface area contributed by atoms with E-state index in [1.165, 1.54) is 12.5 Å². The van der Waals surface area contributed by atoms with Gasteiger partial charge in [-0.2, -0.15) is 0 Å². The first-order valence-electron chi connectivity index (χ1n) is 8.00. The predicted octanol–water partition coefficient (Wildman–Crippen LogP) is 1.51. The number of hydrogen-bond acceptors (Lipinski definition) is 5. The molecule has 24 heavy (non-hydrogen) atoms. The Morgan fingerprint density at radius 1 is 1.21 bits per heavy atom. The summed E-state index contributed by atoms with van der Waals surface area (Å²) in [6.07, 6.45) is 4.54. The van der Waals surface area contributed by atoms with E-state index in [0.29, 0.717) is 38.3 Å². The number of piperazine rings is 1. The molecular formula is C17H21N3O4. The fourth-order valence-corrected chi connectivity index (χ4v) is 2.78. The number of hydrogen-bond donors (Lipinski definition) is 1. The SMILES string of the molecule is CC(NC(=O)CN1CCN(C(=O)c2ccoc2)CC1)c1ccco1. The highest BCUT2D eigenvalue weighted by Gasteiger charge is 2.24. The van der Waals surface area contributed by atoms with Gasteiger partial charge in [0.05, 0.1) is 30.7 Å². The first-order valence-corrected chi connectivity index (χ1v) is 8.00. The zero-order valence-corrected chi connectivity index (χ0v) is 13.6. The summed E-state index contributed by atoms with van der Waals surface area (Å²) in [6.45, 7) is 4.76. The number of nitrogens with one attached hydrogen (secondary N) is 1. The van der Waals surface area contributed by atoms with Gasteiger partial charge in [0, 0.05) is 26.2 Å². The molecule has 1 unspecified atom stereocenters. The van der Waals surface area contributed by atoms with Gasteiger partial charge < -0.3 is 19.1 Å². The first-order chi connectivity index (χ1) is 11.6. The summed E-state index contributed by atoms with van der Waals surface area (Å²) in [6, 6.07) is 5.15. The molecule has 128 valence electrons. The molecule has 1 atom stereocenters. The van der Waals surface area contributed by atoms with E-state index in [2.05, 4.69) is 5.32 Å². The second-order valence-electron chi connectivity index (χ2n) is 5.88. The van der Waals surface area contributed by atoms with Crippen LogP contribution in [0.2, 0.25) is 0 Å². The molecule has 7 nitrogen and oxygen atoms in total. The van der Waals surface area contributed by atoms with Crippen LogP contribution in [-0.4, -0.2) is 54.3 Å². The molecule has 0 bridgehead atoms. The molecule has 1 saturated heterocycles. The third-order valence-electron chi connectivity index (χ3n) is 4.14. The van der Waals surface area contributed by atoms with Crippen molar-refractivity contribution in [1.29, 1.82) is 0 Å². The molecule has 2 aromatic rings. The van der Waals surface area contributed by atoms with Crippen LogP contribution in [0.1, 0.15) is 29.1 Å². The predicted molar refractivity (Wildman–Crippen MR) is 86.3 cm³/mol. The van der Waals surface area contributed by atoms with Gasteiger partial charge in [-0.15, -0.1) is 0 Å². The molecular weight excluding hydrogens is 310 g/mol. The standard InChI is InChI=1S/C17H21N3O4/c1-13(15-3-2-9-24-15)18-16(21)11-19-5-7-20(8-6-19)17(22)14-4-10-23-12-14/h2-4,9-10,12-13H,5-8,11H2,1H3,(H,18,21). The Labute approximate surface area is 140 Å². The average Bonchev–Trinajstić information content (AvgIpc) is 3.28. The van der Waals surface area contributed by atoms with E-state index in [1.807, 2.05) is 17.9 Å². The van der Waals surface area contributed by atoms with E-state index in [1.54, 1.807) is 23.3 Å². The van der Waals surface area contributed by atoms with Crippen molar-refractivity contribution in [2.75, 3.05) is 32.7 Å². The Balaban J connectivity index is 1.43. The van der Waals surface area contributed by atoms with Gasteiger partial charge in [-0.1, -0.05) is 0 Å². The molecule has 3 heterocycles. The summed E-state index contributed by atoms with van der Waals surface area (Å²) in [5.41, 5.74) is 0.563. The Bertz CT molecular complexity index is 658. The molecule has 2 amide bonds. The third-order valence-corrected chi connectivity index (χ3v) is 4.14. The van der Waals surface area contributed by atoms with Crippen LogP contribution in [0.5, 0.6) is 0 Å². The van der Waals surface area contributed by atoms with Crippen molar-refractivity contribution < 1.29 is 18.4 Å². The van der Waals surface area contributed by atoms with Gasteiger partial charge in [0.2, 0.25) is 5.91 Å². The van der Waals surface area contributed by atoms with Crippen molar-refractivity contribution in [2.45, 2.75) is 13.0 Å². The largest absolute Gasteiger partial charge is 0.472 e. The minimum atomic E-state index is -0.156. The number of nitrogens with zero attached hydrogens (tertiary/aromatic N) is 2. The summed E-state index contributed by atoms with van der Waals surface area (Å²) in [4.78, 5) is 28.2. The first kappa shape index (κ1) is 16.3. The Hall–Kier alpha value is -2.54. The quantitative estimate of drug-likeness (QED) is 0.898. The van der Waals surface area contributed by atoms with Crippen LogP contribution in [0.3, 0.4) is 0 Å². The third kappa shape index (κ3) is 3.86. The lowest BCUT2D eigenvalue weighted by Crippen LogP contribution is -2.51. The molecule has 0 aliphatic carbocycles. The van der Waals surface area contributed by atoms with Crippen LogP contribution in [0.25, 0.3) is 0 Å². The van der Waals surface area contributed by atoms with Gasteiger partial charge in [0.15, 0.2) is 0 Å². The van der Waals surface area contributed by atoms with E-state index >= 15 is 0 Å². The molecule has 1 aliphatic heterocycles. The minimum Gasteiger partial charge on any atom is -0.472 e. The smallest absolute Gasteiger partial charge is 0.257 e. The van der Waals surface area contributed by atoms with Crippen LogP contribution < -0.4 is 5.32 Å². The van der Waals surface area contributed by atoms with Crippen molar-refractivity contribution in [3.05, 3.63) is 48.3 Å². The summed E-state index contributed by atoms with van der Waals surface area (Å²) >= 11 is 0. The van der Waals surface area contributed by atoms with Crippen LogP contribution in [0.4, 0.5) is 0 Å². The average molecular weight is 331 g/mol. The monoisotopic (exact) mass is 331 g/mol. The van der Waals surface area contributed by atoms with Crippen LogP contribution in [0.15, 0.2) is 45.8 Å². The van der Waals surface area contributed by atoms with E-state index in [0.717, 1.165) is 5.76 Å². The highest BCUT2D eigenvalue weighted by atomic mass is 16.3. The molecule has 3 rings (SSSR count). The summed E-state index contributed by atoms with van der Waals surface area (Å²) in [5.74, 6) is 0.659. The minimum absolute atomic E-state index is 0.0284. The maximum atomic E-state index is 12.2. The normalized spacial score (nSPS) is 16.8. The zero-order chi connectivity index (χ0) is 16.9. The van der Waals surface area contributed by atoms with Crippen molar-refractivity contribution >= 4 is 11.8 Å². The van der Waals surface area contributed by atoms with Gasteiger partial charge >= 0.3 is 0 Å². The molecule has 0 radical (unpaired) electrons. The van der Waals surface area contributed by atoms with Crippen molar-refractivity contribution in [2.24, 2.45) is 0 Å². The van der Waals surface area contributed by atoms with Gasteiger partial charge in [-0.05, 0) is 25.1 Å². The van der Waals surface area contributed by atoms with Gasteiger partial charge in [-0.3, -0.25) is 14.5 Å². The van der Waals surface area contributed by atoms with Crippen LogP contribution in [-0.2, 0) is 4.79 Å². The fourth-order valence-electron chi connectivity index (χ4n) is 2.78. The molecule has 0 spiro atoms. The molecule has 1 fully saturated rings. The van der Waals surface area contributed by atoms with Crippen molar-refractivity contribution in [3.63, 3.8) is 0 Å². The maximum absolute atomic E-state index is 12.2. The fraction of sp³-hybridized carbons (Fsp3) is 0.412. The van der Waals surface area contributed by atoms with Crippen LogP contribution in [0, 0.1) is 0 Å². The number of furan rings is 2. The zero-order valence-electron chi connectivity index (χ0n) is 13.6. The highest BCUT2D eigenvalue weighted by molar-refractivity contribution is 5.93. The summed E-state index contributed by atoms with van der Waals surface area (Å²) in [7, 11) is 0. The molecule has 2 aromatic heterocycles. The summed E-state index contributed by atoms with van der Waals surface area (Å²) in [5, 5.41) is 2.92. The molecule has 0 aromatic carbocycles. The van der Waals surface area contributed by atoms with Gasteiger partial charge in [0.25, 0.3) is 5.91 Å². The van der Waals surface area contributed by atoms with Crippen molar-refractivity contribution in [1.82, 2.24) is 15.1 Å². The van der Waals surface area contributed by atoms with E-state index in [9.17, 15) is 9.59 Å². The Kier molecular flexibility index (Phi) is 5.00. The number of amides is 2. The lowest BCUT2D eigenvalue weighted by molar-refractivity contribution is -0.123. The molecule has 1 aliphatic rings. The van der Waals surface area contributed by atoms with E-state index < -0.39 is 0 Å². The summed E-state index contributed by atoms with van der Waals surface area (Å²) < 4.78 is 10.2. The lowest BCUT2D eigenvalue weighted by Gasteiger charge is -2.34. The topological polar surface area (TPSA) is 78.9 Å². The lowest BCUT2D eigenvalue weighted by atomic mass is 10.2. The number of carbonyl (C=O) groups is 2. The second kappa shape index (κ2) is 7.35. The Morgan fingerprint density at radius 3 is 2.62 bits per heavy atom. The maximum Gasteiger partial charge on any atom is 0.257 e.